The summed E-state index contributed by atoms with van der Waals surface area (Å²) in [5, 5.41) is 27.7. The summed E-state index contributed by atoms with van der Waals surface area (Å²) in [4.78, 5) is 57.3. The van der Waals surface area contributed by atoms with Gasteiger partial charge in [-0.15, -0.1) is 0 Å². The van der Waals surface area contributed by atoms with Crippen molar-refractivity contribution < 1.29 is 34.2 Å². The average Bonchev–Trinajstić information content (AvgIpc) is 3.10. The predicted octanol–water partition coefficient (Wildman–Crippen LogP) is -4.22. The minimum Gasteiger partial charge on any atom is -0.480 e. The Morgan fingerprint density at radius 1 is 1.15 bits per heavy atom. The molecule has 1 heterocycles. The first-order valence-corrected chi connectivity index (χ1v) is 7.97. The number of primary amides is 1. The van der Waals surface area contributed by atoms with Gasteiger partial charge >= 0.3 is 5.97 Å². The van der Waals surface area contributed by atoms with Crippen molar-refractivity contribution in [2.75, 3.05) is 19.7 Å². The predicted molar refractivity (Wildman–Crippen MR) is 86.4 cm³/mol. The van der Waals surface area contributed by atoms with E-state index in [4.69, 9.17) is 10.8 Å². The maximum Gasteiger partial charge on any atom is 0.326 e. The van der Waals surface area contributed by atoms with Crippen LogP contribution in [0.4, 0.5) is 0 Å². The molecule has 4 amide bonds. The largest absolute Gasteiger partial charge is 0.480 e. The summed E-state index contributed by atoms with van der Waals surface area (Å²) < 4.78 is 0. The van der Waals surface area contributed by atoms with Crippen LogP contribution in [0.5, 0.6) is 0 Å². The first-order chi connectivity index (χ1) is 12.2. The lowest BCUT2D eigenvalue weighted by Gasteiger charge is -2.19. The Labute approximate surface area is 148 Å². The van der Waals surface area contributed by atoms with Gasteiger partial charge in [0.25, 0.3) is 0 Å². The lowest BCUT2D eigenvalue weighted by Crippen LogP contribution is -2.55. The zero-order valence-corrected chi connectivity index (χ0v) is 14.0. The molecule has 0 spiro atoms. The Hall–Kier alpha value is -2.73. The number of carboxylic acids is 1. The molecule has 3 atom stereocenters. The molecule has 1 aliphatic rings. The van der Waals surface area contributed by atoms with Crippen LogP contribution in [0.2, 0.25) is 0 Å². The van der Waals surface area contributed by atoms with Crippen LogP contribution in [0.15, 0.2) is 0 Å². The minimum absolute atomic E-state index is 0.352. The fourth-order valence-corrected chi connectivity index (χ4v) is 2.31. The molecule has 1 fully saturated rings. The Kier molecular flexibility index (Phi) is 8.45. The number of carbonyl (C=O) groups is 5. The van der Waals surface area contributed by atoms with Gasteiger partial charge in [-0.2, -0.15) is 0 Å². The topological polar surface area (TPSA) is 200 Å². The average molecular weight is 373 g/mol. The number of nitrogens with two attached hydrogens (primary N) is 1. The number of nitrogens with one attached hydrogen (secondary N) is 4. The first-order valence-electron chi connectivity index (χ1n) is 7.97. The third kappa shape index (κ3) is 7.03. The van der Waals surface area contributed by atoms with Crippen LogP contribution in [-0.2, 0) is 24.0 Å². The molecule has 0 aromatic rings. The highest BCUT2D eigenvalue weighted by Crippen LogP contribution is 2.04. The molecule has 0 aromatic heterocycles. The number of rotatable bonds is 10. The van der Waals surface area contributed by atoms with Gasteiger partial charge in [0, 0.05) is 0 Å². The number of hydrogen-bond donors (Lipinski definition) is 7. The second-order valence-electron chi connectivity index (χ2n) is 5.74. The lowest BCUT2D eigenvalue weighted by molar-refractivity contribution is -0.144. The quantitative estimate of drug-likeness (QED) is 0.200. The van der Waals surface area contributed by atoms with Crippen molar-refractivity contribution in [3.8, 4) is 0 Å². The molecule has 0 aromatic carbocycles. The molecule has 146 valence electrons. The lowest BCUT2D eigenvalue weighted by atomic mass is 10.1. The van der Waals surface area contributed by atoms with E-state index in [1.807, 2.05) is 5.32 Å². The van der Waals surface area contributed by atoms with E-state index in [-0.39, 0.29) is 11.9 Å². The summed E-state index contributed by atoms with van der Waals surface area (Å²) >= 11 is 0. The van der Waals surface area contributed by atoms with Gasteiger partial charge in [-0.25, -0.2) is 4.79 Å². The van der Waals surface area contributed by atoms with Crippen LogP contribution in [0, 0.1) is 0 Å². The van der Waals surface area contributed by atoms with Crippen LogP contribution >= 0.6 is 0 Å². The zero-order chi connectivity index (χ0) is 19.7. The van der Waals surface area contributed by atoms with Crippen molar-refractivity contribution in [1.82, 2.24) is 21.3 Å². The number of aliphatic hydroxyl groups is 1. The molecule has 1 aliphatic heterocycles. The molecular weight excluding hydrogens is 350 g/mol. The standard InChI is InChI=1S/C14H23N5O7/c15-10(21)4-8(14(25)26)19-13(24)9(6-20)18-11(22)5-17-12(23)7-2-1-3-16-7/h7-9,16,20H,1-6H2,(H2,15,21)(H,17,23)(H,18,22)(H,19,24)(H,25,26)/t7-,8-,9-/m0/s1. The van der Waals surface area contributed by atoms with E-state index >= 15 is 0 Å². The Morgan fingerprint density at radius 2 is 1.85 bits per heavy atom. The van der Waals surface area contributed by atoms with Gasteiger partial charge in [-0.1, -0.05) is 0 Å². The van der Waals surface area contributed by atoms with Gasteiger partial charge in [-0.3, -0.25) is 19.2 Å². The monoisotopic (exact) mass is 373 g/mol. The Bertz CT molecular complexity index is 562. The van der Waals surface area contributed by atoms with E-state index in [2.05, 4.69) is 16.0 Å². The van der Waals surface area contributed by atoms with Gasteiger partial charge in [0.15, 0.2) is 0 Å². The van der Waals surface area contributed by atoms with Crippen LogP contribution in [0.1, 0.15) is 19.3 Å². The summed E-state index contributed by atoms with van der Waals surface area (Å²) in [6, 6.07) is -3.40. The third-order valence-corrected chi connectivity index (χ3v) is 3.65. The maximum atomic E-state index is 12.0. The molecule has 1 saturated heterocycles. The van der Waals surface area contributed by atoms with Gasteiger partial charge in [0.05, 0.1) is 25.6 Å². The van der Waals surface area contributed by atoms with Crippen LogP contribution < -0.4 is 27.0 Å². The van der Waals surface area contributed by atoms with Crippen molar-refractivity contribution in [2.24, 2.45) is 5.73 Å². The van der Waals surface area contributed by atoms with E-state index in [0.717, 1.165) is 6.42 Å². The van der Waals surface area contributed by atoms with Crippen molar-refractivity contribution in [3.05, 3.63) is 0 Å². The minimum atomic E-state index is -1.58. The summed E-state index contributed by atoms with van der Waals surface area (Å²) in [5.41, 5.74) is 4.90. The van der Waals surface area contributed by atoms with Gasteiger partial charge in [-0.05, 0) is 19.4 Å². The second kappa shape index (κ2) is 10.3. The summed E-state index contributed by atoms with van der Waals surface area (Å²) in [6.07, 6.45) is 0.871. The summed E-state index contributed by atoms with van der Waals surface area (Å²) in [7, 11) is 0. The van der Waals surface area contributed by atoms with Crippen molar-refractivity contribution in [1.29, 1.82) is 0 Å². The van der Waals surface area contributed by atoms with E-state index in [9.17, 15) is 29.1 Å². The smallest absolute Gasteiger partial charge is 0.326 e. The molecule has 1 rings (SSSR count). The summed E-state index contributed by atoms with van der Waals surface area (Å²) in [6.45, 7) is -0.504. The molecule has 12 nitrogen and oxygen atoms in total. The van der Waals surface area contributed by atoms with E-state index < -0.39 is 55.3 Å². The number of carboxylic acid groups (broad SMARTS) is 1. The van der Waals surface area contributed by atoms with Crippen LogP contribution in [-0.4, -0.2) is 77.6 Å². The fraction of sp³-hybridized carbons (Fsp3) is 0.643. The first kappa shape index (κ1) is 21.3. The molecule has 12 heteroatoms. The number of aliphatic carboxylic acids is 1. The van der Waals surface area contributed by atoms with E-state index in [0.29, 0.717) is 13.0 Å². The maximum absolute atomic E-state index is 12.0. The third-order valence-electron chi connectivity index (χ3n) is 3.65. The highest BCUT2D eigenvalue weighted by molar-refractivity contribution is 5.93. The van der Waals surface area contributed by atoms with Gasteiger partial charge in [0.2, 0.25) is 23.6 Å². The Balaban J connectivity index is 2.49. The Morgan fingerprint density at radius 3 is 2.35 bits per heavy atom. The zero-order valence-electron chi connectivity index (χ0n) is 14.0. The van der Waals surface area contributed by atoms with Crippen molar-refractivity contribution in [2.45, 2.75) is 37.4 Å². The normalized spacial score (nSPS) is 18.4. The number of amides is 4. The van der Waals surface area contributed by atoms with E-state index in [1.54, 1.807) is 0 Å². The fourth-order valence-electron chi connectivity index (χ4n) is 2.31. The number of hydrogen-bond acceptors (Lipinski definition) is 7. The molecule has 26 heavy (non-hydrogen) atoms. The molecule has 0 aliphatic carbocycles. The summed E-state index contributed by atoms with van der Waals surface area (Å²) in [5.74, 6) is -4.53. The highest BCUT2D eigenvalue weighted by atomic mass is 16.4. The SMILES string of the molecule is NC(=O)C[C@H](NC(=O)[C@H](CO)NC(=O)CNC(=O)[C@@H]1CCCN1)C(=O)O. The van der Waals surface area contributed by atoms with Crippen molar-refractivity contribution >= 4 is 29.6 Å². The van der Waals surface area contributed by atoms with Crippen LogP contribution in [0.25, 0.3) is 0 Å². The molecular formula is C14H23N5O7. The molecule has 0 bridgehead atoms. The van der Waals surface area contributed by atoms with Crippen molar-refractivity contribution in [3.63, 3.8) is 0 Å². The van der Waals surface area contributed by atoms with Gasteiger partial charge in [0.1, 0.15) is 12.1 Å². The molecule has 0 unspecified atom stereocenters. The molecule has 8 N–H and O–H groups in total. The van der Waals surface area contributed by atoms with Gasteiger partial charge < -0.3 is 37.2 Å². The van der Waals surface area contributed by atoms with Crippen LogP contribution in [0.3, 0.4) is 0 Å². The molecule has 0 saturated carbocycles. The van der Waals surface area contributed by atoms with E-state index in [1.165, 1.54) is 0 Å². The highest BCUT2D eigenvalue weighted by Gasteiger charge is 2.28. The number of carbonyl (C=O) groups excluding carboxylic acids is 4. The number of aliphatic hydroxyl groups excluding tert-OH is 1. The molecule has 0 radical (unpaired) electrons. The second-order valence-corrected chi connectivity index (χ2v) is 5.74.